The number of hydrogen-bond acceptors (Lipinski definition) is 2. The number of nitrogens with zero attached hydrogens (tertiary/aromatic N) is 1. The van der Waals surface area contributed by atoms with Crippen LogP contribution in [-0.4, -0.2) is 18.7 Å². The third kappa shape index (κ3) is 4.68. The number of hydrogen-bond donors (Lipinski definition) is 1. The minimum absolute atomic E-state index is 0.0296. The van der Waals surface area contributed by atoms with E-state index in [4.69, 9.17) is 15.5 Å². The van der Waals surface area contributed by atoms with Crippen molar-refractivity contribution in [2.75, 3.05) is 7.11 Å². The molecule has 0 saturated heterocycles. The van der Waals surface area contributed by atoms with Gasteiger partial charge in [0.15, 0.2) is 5.72 Å². The highest BCUT2D eigenvalue weighted by Gasteiger charge is 2.40. The molecule has 1 unspecified atom stereocenters. The lowest BCUT2D eigenvalue weighted by Crippen LogP contribution is -2.36. The zero-order valence-electron chi connectivity index (χ0n) is 18.7. The van der Waals surface area contributed by atoms with Crippen LogP contribution in [0.5, 0.6) is 0 Å². The molecule has 2 aromatic carbocycles. The molecule has 0 aromatic heterocycles. The predicted octanol–water partition coefficient (Wildman–Crippen LogP) is 6.40. The van der Waals surface area contributed by atoms with Crippen molar-refractivity contribution in [2.45, 2.75) is 57.1 Å². The molecule has 5 heteroatoms. The second kappa shape index (κ2) is 8.99. The fourth-order valence-corrected chi connectivity index (χ4v) is 4.70. The summed E-state index contributed by atoms with van der Waals surface area (Å²) >= 11 is 0. The number of rotatable bonds is 7. The number of aliphatic imine (C=N–C) groups is 1. The molecule has 4 rings (SSSR count). The molecule has 1 atom stereocenters. The van der Waals surface area contributed by atoms with Crippen molar-refractivity contribution in [3.63, 3.8) is 0 Å². The Hall–Kier alpha value is -2.79. The lowest BCUT2D eigenvalue weighted by molar-refractivity contribution is 0.0173. The molecule has 0 spiro atoms. The maximum absolute atomic E-state index is 13.9. The Morgan fingerprint density at radius 2 is 1.94 bits per heavy atom. The zero-order chi connectivity index (χ0) is 22.8. The standard InChI is InChI=1S/C27H30F2N2O/c1-26(28,29)23-12-6-10-20(17-23)22-16-21-11-7-15-27(32-2,24(21)18-22)31-25(30)14-13-19-8-4-3-5-9-19/h3-6,8-10,12,17-18H,7,11,13-16H2,1-2H3,(H2,30,31). The first kappa shape index (κ1) is 22.4. The van der Waals surface area contributed by atoms with Crippen molar-refractivity contribution in [1.29, 1.82) is 0 Å². The van der Waals surface area contributed by atoms with E-state index >= 15 is 0 Å². The Kier molecular flexibility index (Phi) is 6.29. The minimum Gasteiger partial charge on any atom is -0.387 e. The first-order valence-corrected chi connectivity index (χ1v) is 11.2. The van der Waals surface area contributed by atoms with E-state index in [9.17, 15) is 8.78 Å². The van der Waals surface area contributed by atoms with Gasteiger partial charge in [-0.25, -0.2) is 13.8 Å². The van der Waals surface area contributed by atoms with E-state index in [1.807, 2.05) is 24.3 Å². The van der Waals surface area contributed by atoms with Gasteiger partial charge in [-0.3, -0.25) is 0 Å². The summed E-state index contributed by atoms with van der Waals surface area (Å²) in [5, 5.41) is 0. The minimum atomic E-state index is -2.87. The van der Waals surface area contributed by atoms with Crippen LogP contribution >= 0.6 is 0 Å². The lowest BCUT2D eigenvalue weighted by atomic mass is 9.86. The number of alkyl halides is 2. The van der Waals surface area contributed by atoms with Crippen molar-refractivity contribution in [3.05, 3.63) is 88.5 Å². The molecule has 168 valence electrons. The van der Waals surface area contributed by atoms with Gasteiger partial charge in [0.05, 0.1) is 5.84 Å². The fraction of sp³-hybridized carbons (Fsp3) is 0.370. The Labute approximate surface area is 188 Å². The van der Waals surface area contributed by atoms with Crippen LogP contribution in [-0.2, 0) is 17.1 Å². The first-order chi connectivity index (χ1) is 15.3. The lowest BCUT2D eigenvalue weighted by Gasteiger charge is -2.34. The van der Waals surface area contributed by atoms with E-state index in [2.05, 4.69) is 18.2 Å². The van der Waals surface area contributed by atoms with Crippen molar-refractivity contribution in [1.82, 2.24) is 0 Å². The maximum atomic E-state index is 13.9. The van der Waals surface area contributed by atoms with E-state index in [0.29, 0.717) is 12.3 Å². The molecule has 32 heavy (non-hydrogen) atoms. The van der Waals surface area contributed by atoms with Crippen molar-refractivity contribution < 1.29 is 13.5 Å². The monoisotopic (exact) mass is 436 g/mol. The van der Waals surface area contributed by atoms with E-state index in [1.165, 1.54) is 17.2 Å². The molecular weight excluding hydrogens is 406 g/mol. The SMILES string of the molecule is COC1(N=C(N)CCc2ccccc2)CCCC2=C1C=C(c1cccc(C(C)(F)F)c1)C2. The van der Waals surface area contributed by atoms with Crippen LogP contribution in [0.15, 0.2) is 76.8 Å². The van der Waals surface area contributed by atoms with Crippen molar-refractivity contribution >= 4 is 11.4 Å². The van der Waals surface area contributed by atoms with Crippen molar-refractivity contribution in [3.8, 4) is 0 Å². The van der Waals surface area contributed by atoms with E-state index in [-0.39, 0.29) is 5.56 Å². The molecule has 0 aliphatic heterocycles. The smallest absolute Gasteiger partial charge is 0.270 e. The van der Waals surface area contributed by atoms with Crippen LogP contribution in [0.25, 0.3) is 5.57 Å². The number of aryl methyl sites for hydroxylation is 1. The van der Waals surface area contributed by atoms with E-state index in [0.717, 1.165) is 55.7 Å². The van der Waals surface area contributed by atoms with Crippen LogP contribution in [0.1, 0.15) is 55.7 Å². The van der Waals surface area contributed by atoms with Gasteiger partial charge < -0.3 is 10.5 Å². The number of ether oxygens (including phenoxy) is 1. The van der Waals surface area contributed by atoms with Crippen LogP contribution in [0, 0.1) is 0 Å². The van der Waals surface area contributed by atoms with Crippen molar-refractivity contribution in [2.24, 2.45) is 10.7 Å². The summed E-state index contributed by atoms with van der Waals surface area (Å²) in [5.74, 6) is -2.30. The fourth-order valence-electron chi connectivity index (χ4n) is 4.70. The summed E-state index contributed by atoms with van der Waals surface area (Å²) in [6, 6.07) is 16.9. The molecule has 2 aliphatic carbocycles. The Bertz CT molecular complexity index is 1070. The molecule has 0 bridgehead atoms. The molecule has 0 radical (unpaired) electrons. The third-order valence-corrected chi connectivity index (χ3v) is 6.43. The summed E-state index contributed by atoms with van der Waals surface area (Å²) in [4.78, 5) is 4.88. The first-order valence-electron chi connectivity index (χ1n) is 11.2. The second-order valence-corrected chi connectivity index (χ2v) is 8.76. The molecule has 0 heterocycles. The van der Waals surface area contributed by atoms with Gasteiger partial charge in [0.2, 0.25) is 0 Å². The Balaban J connectivity index is 1.60. The number of benzene rings is 2. The van der Waals surface area contributed by atoms with Gasteiger partial charge in [-0.15, -0.1) is 0 Å². The average molecular weight is 437 g/mol. The largest absolute Gasteiger partial charge is 0.387 e. The van der Waals surface area contributed by atoms with E-state index in [1.54, 1.807) is 19.2 Å². The predicted molar refractivity (Wildman–Crippen MR) is 126 cm³/mol. The number of methoxy groups -OCH3 is 1. The maximum Gasteiger partial charge on any atom is 0.270 e. The Morgan fingerprint density at radius 1 is 1.16 bits per heavy atom. The van der Waals surface area contributed by atoms with Gasteiger partial charge in [0, 0.05) is 38.0 Å². The Morgan fingerprint density at radius 3 is 2.66 bits per heavy atom. The normalized spacial score (nSPS) is 21.5. The quantitative estimate of drug-likeness (QED) is 0.403. The molecule has 0 amide bonds. The summed E-state index contributed by atoms with van der Waals surface area (Å²) in [7, 11) is 1.67. The third-order valence-electron chi connectivity index (χ3n) is 6.43. The number of allylic oxidation sites excluding steroid dienone is 2. The van der Waals surface area contributed by atoms with Gasteiger partial charge >= 0.3 is 0 Å². The average Bonchev–Trinajstić information content (AvgIpc) is 3.24. The zero-order valence-corrected chi connectivity index (χ0v) is 18.7. The summed E-state index contributed by atoms with van der Waals surface area (Å²) in [6.07, 6.45) is 6.96. The van der Waals surface area contributed by atoms with Gasteiger partial charge in [-0.05, 0) is 48.4 Å². The van der Waals surface area contributed by atoms with Crippen LogP contribution in [0.4, 0.5) is 8.78 Å². The molecule has 2 aliphatic rings. The van der Waals surface area contributed by atoms with Crippen LogP contribution in [0.2, 0.25) is 0 Å². The molecule has 0 saturated carbocycles. The van der Waals surface area contributed by atoms with E-state index < -0.39 is 11.6 Å². The highest BCUT2D eigenvalue weighted by Crippen LogP contribution is 2.47. The van der Waals surface area contributed by atoms with Crippen LogP contribution < -0.4 is 5.73 Å². The molecule has 0 fully saturated rings. The summed E-state index contributed by atoms with van der Waals surface area (Å²) < 4.78 is 33.7. The molecule has 3 nitrogen and oxygen atoms in total. The van der Waals surface area contributed by atoms with Crippen LogP contribution in [0.3, 0.4) is 0 Å². The van der Waals surface area contributed by atoms with Gasteiger partial charge in [-0.1, -0.05) is 60.2 Å². The number of nitrogens with two attached hydrogens (primary N) is 1. The topological polar surface area (TPSA) is 47.6 Å². The van der Waals surface area contributed by atoms with Gasteiger partial charge in [0.1, 0.15) is 0 Å². The summed E-state index contributed by atoms with van der Waals surface area (Å²) in [5.41, 5.74) is 11.0. The number of amidine groups is 1. The molecule has 2 aromatic rings. The second-order valence-electron chi connectivity index (χ2n) is 8.76. The molecule has 2 N–H and O–H groups in total. The highest BCUT2D eigenvalue weighted by molar-refractivity contribution is 5.82. The van der Waals surface area contributed by atoms with Gasteiger partial charge in [-0.2, -0.15) is 0 Å². The highest BCUT2D eigenvalue weighted by atomic mass is 19.3. The summed E-state index contributed by atoms with van der Waals surface area (Å²) in [6.45, 7) is 0.932. The molecular formula is C27H30F2N2O. The van der Waals surface area contributed by atoms with Gasteiger partial charge in [0.25, 0.3) is 5.92 Å². The number of halogens is 2.